The number of anilines is 2. The molecular formula is C14H17N3O2S2. The minimum Gasteiger partial charge on any atom is -0.399 e. The zero-order chi connectivity index (χ0) is 15.0. The van der Waals surface area contributed by atoms with Gasteiger partial charge in [-0.2, -0.15) is 0 Å². The van der Waals surface area contributed by atoms with Crippen LogP contribution in [-0.2, 0) is 22.9 Å². The highest BCUT2D eigenvalue weighted by Crippen LogP contribution is 2.31. The summed E-state index contributed by atoms with van der Waals surface area (Å²) in [5, 5.41) is 0.446. The molecule has 112 valence electrons. The number of nitrogens with one attached hydrogen (secondary N) is 1. The van der Waals surface area contributed by atoms with E-state index in [4.69, 9.17) is 5.73 Å². The van der Waals surface area contributed by atoms with Crippen LogP contribution >= 0.6 is 11.3 Å². The van der Waals surface area contributed by atoms with E-state index in [1.165, 1.54) is 22.3 Å². The topological polar surface area (TPSA) is 85.1 Å². The zero-order valence-corrected chi connectivity index (χ0v) is 13.4. The van der Waals surface area contributed by atoms with E-state index in [9.17, 15) is 8.42 Å². The van der Waals surface area contributed by atoms with Crippen molar-refractivity contribution in [2.24, 2.45) is 0 Å². The monoisotopic (exact) mass is 323 g/mol. The van der Waals surface area contributed by atoms with Gasteiger partial charge in [0.2, 0.25) is 0 Å². The van der Waals surface area contributed by atoms with Gasteiger partial charge in [0.15, 0.2) is 5.13 Å². The number of nitrogens with zero attached hydrogens (tertiary/aromatic N) is 1. The number of sulfonamides is 1. The van der Waals surface area contributed by atoms with Crippen LogP contribution in [0, 0.1) is 6.92 Å². The molecule has 2 aromatic rings. The van der Waals surface area contributed by atoms with E-state index in [0.717, 1.165) is 36.9 Å². The van der Waals surface area contributed by atoms with Crippen LogP contribution in [0.4, 0.5) is 10.8 Å². The lowest BCUT2D eigenvalue weighted by Crippen LogP contribution is -2.13. The molecule has 7 heteroatoms. The summed E-state index contributed by atoms with van der Waals surface area (Å²) < 4.78 is 27.4. The summed E-state index contributed by atoms with van der Waals surface area (Å²) in [4.78, 5) is 5.77. The Morgan fingerprint density at radius 2 is 2.00 bits per heavy atom. The Bertz CT molecular complexity index is 738. The lowest BCUT2D eigenvalue weighted by atomic mass is 10.0. The SMILES string of the molecule is Cc1cc(N)cc(S(=O)(=O)Nc2nc3c(s2)CCCC3)c1. The second-order valence-corrected chi connectivity index (χ2v) is 8.05. The lowest BCUT2D eigenvalue weighted by Gasteiger charge is -2.07. The van der Waals surface area contributed by atoms with Crippen LogP contribution in [-0.4, -0.2) is 13.4 Å². The summed E-state index contributed by atoms with van der Waals surface area (Å²) in [6, 6.07) is 4.80. The van der Waals surface area contributed by atoms with Gasteiger partial charge in [-0.05, 0) is 56.4 Å². The fraction of sp³-hybridized carbons (Fsp3) is 0.357. The first kappa shape index (κ1) is 14.3. The number of aromatic nitrogens is 1. The van der Waals surface area contributed by atoms with Crippen molar-refractivity contribution in [3.63, 3.8) is 0 Å². The molecule has 1 aliphatic rings. The molecule has 3 rings (SSSR count). The molecule has 0 spiro atoms. The maximum Gasteiger partial charge on any atom is 0.263 e. The fourth-order valence-corrected chi connectivity index (χ4v) is 4.92. The van der Waals surface area contributed by atoms with E-state index in [0.29, 0.717) is 10.8 Å². The summed E-state index contributed by atoms with van der Waals surface area (Å²) in [5.41, 5.74) is 8.01. The molecular weight excluding hydrogens is 306 g/mol. The number of fused-ring (bicyclic) bond motifs is 1. The molecule has 5 nitrogen and oxygen atoms in total. The highest BCUT2D eigenvalue weighted by molar-refractivity contribution is 7.93. The Balaban J connectivity index is 1.90. The molecule has 0 radical (unpaired) electrons. The average Bonchev–Trinajstić information content (AvgIpc) is 2.78. The normalized spacial score (nSPS) is 14.7. The quantitative estimate of drug-likeness (QED) is 0.851. The van der Waals surface area contributed by atoms with Gasteiger partial charge in [-0.25, -0.2) is 13.4 Å². The molecule has 0 fully saturated rings. The van der Waals surface area contributed by atoms with Gasteiger partial charge in [-0.3, -0.25) is 4.72 Å². The Labute approximate surface area is 128 Å². The van der Waals surface area contributed by atoms with Gasteiger partial charge in [0.05, 0.1) is 10.6 Å². The molecule has 0 amide bonds. The third kappa shape index (κ3) is 3.03. The molecule has 0 saturated heterocycles. The highest BCUT2D eigenvalue weighted by atomic mass is 32.2. The smallest absolute Gasteiger partial charge is 0.263 e. The van der Waals surface area contributed by atoms with Crippen molar-refractivity contribution in [1.29, 1.82) is 0 Å². The lowest BCUT2D eigenvalue weighted by molar-refractivity contribution is 0.601. The van der Waals surface area contributed by atoms with Crippen molar-refractivity contribution in [1.82, 2.24) is 4.98 Å². The van der Waals surface area contributed by atoms with Crippen LogP contribution in [0.15, 0.2) is 23.1 Å². The Kier molecular flexibility index (Phi) is 3.62. The third-order valence-corrected chi connectivity index (χ3v) is 5.97. The number of thiazole rings is 1. The predicted octanol–water partition coefficient (Wildman–Crippen LogP) is 2.71. The van der Waals surface area contributed by atoms with E-state index < -0.39 is 10.0 Å². The standard InChI is InChI=1S/C14H17N3O2S2/c1-9-6-10(15)8-11(7-9)21(18,19)17-14-16-12-4-2-3-5-13(12)20-14/h6-8H,2-5,15H2,1H3,(H,16,17). The number of nitrogen functional groups attached to an aromatic ring is 1. The molecule has 0 aliphatic heterocycles. The fourth-order valence-electron chi connectivity index (χ4n) is 2.50. The van der Waals surface area contributed by atoms with Crippen molar-refractivity contribution in [2.45, 2.75) is 37.5 Å². The van der Waals surface area contributed by atoms with Crippen molar-refractivity contribution < 1.29 is 8.42 Å². The first-order valence-corrected chi connectivity index (χ1v) is 9.12. The minimum atomic E-state index is -3.64. The molecule has 3 N–H and O–H groups in total. The molecule has 0 atom stereocenters. The van der Waals surface area contributed by atoms with E-state index in [1.54, 1.807) is 12.1 Å². The Morgan fingerprint density at radius 3 is 2.71 bits per heavy atom. The molecule has 21 heavy (non-hydrogen) atoms. The van der Waals surface area contributed by atoms with Crippen LogP contribution in [0.5, 0.6) is 0 Å². The number of aryl methyl sites for hydroxylation is 3. The molecule has 1 aromatic heterocycles. The van der Waals surface area contributed by atoms with Crippen molar-refractivity contribution in [3.8, 4) is 0 Å². The predicted molar refractivity (Wildman–Crippen MR) is 85.2 cm³/mol. The maximum absolute atomic E-state index is 12.4. The number of benzene rings is 1. The zero-order valence-electron chi connectivity index (χ0n) is 11.7. The van der Waals surface area contributed by atoms with Crippen molar-refractivity contribution in [3.05, 3.63) is 34.3 Å². The van der Waals surface area contributed by atoms with Gasteiger partial charge in [-0.15, -0.1) is 11.3 Å². The molecule has 1 aromatic carbocycles. The van der Waals surface area contributed by atoms with E-state index in [2.05, 4.69) is 9.71 Å². The molecule has 0 saturated carbocycles. The van der Waals surface area contributed by atoms with Crippen LogP contribution in [0.2, 0.25) is 0 Å². The minimum absolute atomic E-state index is 0.174. The van der Waals surface area contributed by atoms with Gasteiger partial charge < -0.3 is 5.73 Å². The Hall–Kier alpha value is -1.60. The van der Waals surface area contributed by atoms with Crippen LogP contribution in [0.3, 0.4) is 0 Å². The second kappa shape index (κ2) is 5.31. The van der Waals surface area contributed by atoms with Gasteiger partial charge in [0.1, 0.15) is 0 Å². The van der Waals surface area contributed by atoms with E-state index in [-0.39, 0.29) is 4.90 Å². The van der Waals surface area contributed by atoms with Gasteiger partial charge in [0.25, 0.3) is 10.0 Å². The largest absolute Gasteiger partial charge is 0.399 e. The number of hydrogen-bond acceptors (Lipinski definition) is 5. The average molecular weight is 323 g/mol. The first-order valence-electron chi connectivity index (χ1n) is 6.82. The number of hydrogen-bond donors (Lipinski definition) is 2. The van der Waals surface area contributed by atoms with Crippen LogP contribution in [0.1, 0.15) is 29.0 Å². The maximum atomic E-state index is 12.4. The Morgan fingerprint density at radius 1 is 1.24 bits per heavy atom. The van der Waals surface area contributed by atoms with E-state index in [1.807, 2.05) is 6.92 Å². The summed E-state index contributed by atoms with van der Waals surface area (Å²) in [6.45, 7) is 1.82. The first-order chi connectivity index (χ1) is 9.94. The highest BCUT2D eigenvalue weighted by Gasteiger charge is 2.20. The summed E-state index contributed by atoms with van der Waals surface area (Å²) >= 11 is 1.43. The van der Waals surface area contributed by atoms with E-state index >= 15 is 0 Å². The number of rotatable bonds is 3. The summed E-state index contributed by atoms with van der Waals surface area (Å²) in [5.74, 6) is 0. The summed E-state index contributed by atoms with van der Waals surface area (Å²) in [6.07, 6.45) is 4.20. The second-order valence-electron chi connectivity index (χ2n) is 5.28. The molecule has 0 unspecified atom stereocenters. The molecule has 1 heterocycles. The molecule has 1 aliphatic carbocycles. The van der Waals surface area contributed by atoms with Gasteiger partial charge in [0, 0.05) is 10.6 Å². The van der Waals surface area contributed by atoms with Crippen molar-refractivity contribution >= 4 is 32.2 Å². The van der Waals surface area contributed by atoms with Crippen LogP contribution < -0.4 is 10.5 Å². The molecule has 0 bridgehead atoms. The van der Waals surface area contributed by atoms with Crippen molar-refractivity contribution in [2.75, 3.05) is 10.5 Å². The number of nitrogens with two attached hydrogens (primary N) is 1. The third-order valence-electron chi connectivity index (χ3n) is 3.45. The van der Waals surface area contributed by atoms with Gasteiger partial charge in [-0.1, -0.05) is 0 Å². The van der Waals surface area contributed by atoms with Crippen LogP contribution in [0.25, 0.3) is 0 Å². The summed E-state index contributed by atoms with van der Waals surface area (Å²) in [7, 11) is -3.64. The van der Waals surface area contributed by atoms with Gasteiger partial charge >= 0.3 is 0 Å².